The second kappa shape index (κ2) is 8.53. The van der Waals surface area contributed by atoms with Crippen LogP contribution in [0.5, 0.6) is 0 Å². The monoisotopic (exact) mass is 400 g/mol. The second-order valence-electron chi connectivity index (χ2n) is 6.76. The number of carbonyl (C=O) groups excluding carboxylic acids is 1. The first-order valence-electron chi connectivity index (χ1n) is 9.19. The highest BCUT2D eigenvalue weighted by molar-refractivity contribution is 7.89. The molecule has 0 aliphatic carbocycles. The van der Waals surface area contributed by atoms with Crippen molar-refractivity contribution in [3.05, 3.63) is 59.7 Å². The molecular formula is C20H24N4O3S. The Morgan fingerprint density at radius 3 is 2.43 bits per heavy atom. The lowest BCUT2D eigenvalue weighted by Gasteiger charge is -2.25. The highest BCUT2D eigenvalue weighted by atomic mass is 32.2. The van der Waals surface area contributed by atoms with Crippen molar-refractivity contribution in [1.82, 2.24) is 9.73 Å². The summed E-state index contributed by atoms with van der Waals surface area (Å²) in [6.07, 6.45) is 2.76. The summed E-state index contributed by atoms with van der Waals surface area (Å²) in [5, 5.41) is 4.10. The standard InChI is InChI=1S/C20H24N4O3S/c1-15(16-7-5-9-18(21)13-16)22-23-20(25)17-8-6-10-19(14-17)28(26,27)24-11-3-2-4-12-24/h5-10,13-14H,2-4,11-12,21H2,1H3,(H,23,25)/b22-15-. The van der Waals surface area contributed by atoms with Gasteiger partial charge in [0.2, 0.25) is 10.0 Å². The van der Waals surface area contributed by atoms with Crippen molar-refractivity contribution in [1.29, 1.82) is 0 Å². The van der Waals surface area contributed by atoms with Gasteiger partial charge in [-0.25, -0.2) is 13.8 Å². The molecule has 1 aliphatic heterocycles. The van der Waals surface area contributed by atoms with Crippen LogP contribution >= 0.6 is 0 Å². The van der Waals surface area contributed by atoms with Gasteiger partial charge in [-0.1, -0.05) is 24.6 Å². The Hall–Kier alpha value is -2.71. The number of carbonyl (C=O) groups is 1. The zero-order valence-corrected chi connectivity index (χ0v) is 16.6. The van der Waals surface area contributed by atoms with Crippen molar-refractivity contribution in [3.8, 4) is 0 Å². The number of benzene rings is 2. The van der Waals surface area contributed by atoms with Crippen LogP contribution in [0.1, 0.15) is 42.1 Å². The molecule has 2 aromatic rings. The molecule has 2 aromatic carbocycles. The highest BCUT2D eigenvalue weighted by Crippen LogP contribution is 2.21. The summed E-state index contributed by atoms with van der Waals surface area (Å²) in [7, 11) is -3.59. The summed E-state index contributed by atoms with van der Waals surface area (Å²) >= 11 is 0. The minimum atomic E-state index is -3.59. The lowest BCUT2D eigenvalue weighted by atomic mass is 10.1. The Kier molecular flexibility index (Phi) is 6.11. The summed E-state index contributed by atoms with van der Waals surface area (Å²) in [4.78, 5) is 12.6. The average Bonchev–Trinajstić information content (AvgIpc) is 2.72. The smallest absolute Gasteiger partial charge is 0.271 e. The number of nitrogens with zero attached hydrogens (tertiary/aromatic N) is 2. The van der Waals surface area contributed by atoms with E-state index in [0.29, 0.717) is 24.5 Å². The van der Waals surface area contributed by atoms with Gasteiger partial charge in [-0.15, -0.1) is 0 Å². The van der Waals surface area contributed by atoms with E-state index in [1.54, 1.807) is 37.3 Å². The van der Waals surface area contributed by atoms with Crippen LogP contribution in [-0.2, 0) is 10.0 Å². The molecule has 0 aromatic heterocycles. The van der Waals surface area contributed by atoms with Gasteiger partial charge in [-0.3, -0.25) is 4.79 Å². The summed E-state index contributed by atoms with van der Waals surface area (Å²) in [5.74, 6) is -0.473. The fourth-order valence-corrected chi connectivity index (χ4v) is 4.64. The van der Waals surface area contributed by atoms with E-state index in [0.717, 1.165) is 24.8 Å². The Morgan fingerprint density at radius 1 is 1.04 bits per heavy atom. The molecule has 148 valence electrons. The number of anilines is 1. The maximum atomic E-state index is 12.8. The van der Waals surface area contributed by atoms with Crippen molar-refractivity contribution < 1.29 is 13.2 Å². The Labute approximate surface area is 165 Å². The summed E-state index contributed by atoms with van der Waals surface area (Å²) in [6.45, 7) is 2.79. The topological polar surface area (TPSA) is 105 Å². The number of nitrogens with two attached hydrogens (primary N) is 1. The van der Waals surface area contributed by atoms with Gasteiger partial charge in [0.25, 0.3) is 5.91 Å². The zero-order valence-electron chi connectivity index (χ0n) is 15.8. The Balaban J connectivity index is 1.76. The molecule has 0 atom stereocenters. The van der Waals surface area contributed by atoms with Crippen molar-refractivity contribution in [2.75, 3.05) is 18.8 Å². The maximum absolute atomic E-state index is 12.8. The van der Waals surface area contributed by atoms with E-state index in [-0.39, 0.29) is 10.5 Å². The molecule has 0 spiro atoms. The van der Waals surface area contributed by atoms with Crippen LogP contribution in [-0.4, -0.2) is 37.4 Å². The predicted molar refractivity (Wildman–Crippen MR) is 110 cm³/mol. The van der Waals surface area contributed by atoms with Crippen LogP contribution < -0.4 is 11.2 Å². The number of hydrogen-bond acceptors (Lipinski definition) is 5. The van der Waals surface area contributed by atoms with E-state index in [1.165, 1.54) is 16.4 Å². The van der Waals surface area contributed by atoms with Crippen LogP contribution in [0.4, 0.5) is 5.69 Å². The molecule has 3 rings (SSSR count). The third-order valence-corrected chi connectivity index (χ3v) is 6.57. The minimum absolute atomic E-state index is 0.124. The van der Waals surface area contributed by atoms with Crippen LogP contribution in [0.15, 0.2) is 58.5 Å². The highest BCUT2D eigenvalue weighted by Gasteiger charge is 2.26. The Morgan fingerprint density at radius 2 is 1.71 bits per heavy atom. The van der Waals surface area contributed by atoms with Crippen molar-refractivity contribution in [2.45, 2.75) is 31.1 Å². The Bertz CT molecular complexity index is 996. The fourth-order valence-electron chi connectivity index (χ4n) is 3.08. The molecule has 0 bridgehead atoms. The molecule has 1 fully saturated rings. The predicted octanol–water partition coefficient (Wildman–Crippen LogP) is 2.60. The molecule has 3 N–H and O–H groups in total. The fraction of sp³-hybridized carbons (Fsp3) is 0.300. The molecular weight excluding hydrogens is 376 g/mol. The molecule has 0 radical (unpaired) electrons. The first-order valence-corrected chi connectivity index (χ1v) is 10.6. The number of amides is 1. The van der Waals surface area contributed by atoms with E-state index < -0.39 is 15.9 Å². The van der Waals surface area contributed by atoms with E-state index in [1.807, 2.05) is 6.07 Å². The number of nitrogens with one attached hydrogen (secondary N) is 1. The number of rotatable bonds is 5. The molecule has 1 amide bonds. The van der Waals surface area contributed by atoms with Gasteiger partial charge in [0.15, 0.2) is 0 Å². The third-order valence-electron chi connectivity index (χ3n) is 4.68. The zero-order chi connectivity index (χ0) is 20.1. The maximum Gasteiger partial charge on any atom is 0.271 e. The van der Waals surface area contributed by atoms with E-state index in [9.17, 15) is 13.2 Å². The van der Waals surface area contributed by atoms with Crippen molar-refractivity contribution >= 4 is 27.3 Å². The normalized spacial score (nSPS) is 16.0. The molecule has 8 heteroatoms. The lowest BCUT2D eigenvalue weighted by Crippen LogP contribution is -2.35. The number of sulfonamides is 1. The van der Waals surface area contributed by atoms with Gasteiger partial charge >= 0.3 is 0 Å². The van der Waals surface area contributed by atoms with E-state index in [4.69, 9.17) is 5.73 Å². The number of nitrogen functional groups attached to an aromatic ring is 1. The van der Waals surface area contributed by atoms with E-state index in [2.05, 4.69) is 10.5 Å². The van der Waals surface area contributed by atoms with Crippen molar-refractivity contribution in [3.63, 3.8) is 0 Å². The van der Waals surface area contributed by atoms with Gasteiger partial charge in [-0.05, 0) is 55.7 Å². The molecule has 1 heterocycles. The lowest BCUT2D eigenvalue weighted by molar-refractivity contribution is 0.0954. The number of hydrazone groups is 1. The van der Waals surface area contributed by atoms with Crippen LogP contribution in [0.2, 0.25) is 0 Å². The molecule has 1 aliphatic rings. The summed E-state index contributed by atoms with van der Waals surface area (Å²) < 4.78 is 27.1. The quantitative estimate of drug-likeness (QED) is 0.457. The van der Waals surface area contributed by atoms with Crippen LogP contribution in [0.25, 0.3) is 0 Å². The molecule has 1 saturated heterocycles. The minimum Gasteiger partial charge on any atom is -0.399 e. The van der Waals surface area contributed by atoms with Crippen LogP contribution in [0, 0.1) is 0 Å². The number of piperidine rings is 1. The van der Waals surface area contributed by atoms with Gasteiger partial charge in [-0.2, -0.15) is 9.41 Å². The molecule has 7 nitrogen and oxygen atoms in total. The molecule has 0 saturated carbocycles. The van der Waals surface area contributed by atoms with Gasteiger partial charge in [0.1, 0.15) is 0 Å². The van der Waals surface area contributed by atoms with Crippen LogP contribution in [0.3, 0.4) is 0 Å². The second-order valence-corrected chi connectivity index (χ2v) is 8.69. The SMILES string of the molecule is C/C(=N/NC(=O)c1cccc(S(=O)(=O)N2CCCCC2)c1)c1cccc(N)c1. The van der Waals surface area contributed by atoms with Gasteiger partial charge in [0, 0.05) is 24.3 Å². The third kappa shape index (κ3) is 4.58. The summed E-state index contributed by atoms with van der Waals surface area (Å²) in [6, 6.07) is 13.2. The first-order chi connectivity index (χ1) is 13.4. The first kappa shape index (κ1) is 20.0. The summed E-state index contributed by atoms with van der Waals surface area (Å²) in [5.41, 5.74) is 10.5. The largest absolute Gasteiger partial charge is 0.399 e. The van der Waals surface area contributed by atoms with Gasteiger partial charge < -0.3 is 5.73 Å². The van der Waals surface area contributed by atoms with E-state index >= 15 is 0 Å². The average molecular weight is 401 g/mol. The van der Waals surface area contributed by atoms with Crippen molar-refractivity contribution in [2.24, 2.45) is 5.10 Å². The molecule has 28 heavy (non-hydrogen) atoms. The number of hydrogen-bond donors (Lipinski definition) is 2. The molecule has 0 unspecified atom stereocenters. The van der Waals surface area contributed by atoms with Gasteiger partial charge in [0.05, 0.1) is 10.6 Å².